The molecule has 1 amide bonds. The van der Waals surface area contributed by atoms with Crippen molar-refractivity contribution in [3.63, 3.8) is 0 Å². The maximum absolute atomic E-state index is 13.5. The SMILES string of the molecule is CCCNC(=O)c1nc(Nc2ccc(C(F)(F)F)cc2)c2ccc(-c3ncccc3C(F)(F)F)nc2n1. The summed E-state index contributed by atoms with van der Waals surface area (Å²) in [6, 6.07) is 8.81. The molecule has 0 fully saturated rings. The molecule has 0 aliphatic rings. The van der Waals surface area contributed by atoms with E-state index in [4.69, 9.17) is 0 Å². The lowest BCUT2D eigenvalue weighted by Crippen LogP contribution is -2.26. The first-order valence-corrected chi connectivity index (χ1v) is 10.9. The third-order valence-electron chi connectivity index (χ3n) is 5.13. The van der Waals surface area contributed by atoms with Crippen LogP contribution in [0.4, 0.5) is 37.8 Å². The van der Waals surface area contributed by atoms with E-state index in [1.165, 1.54) is 30.5 Å². The van der Waals surface area contributed by atoms with Gasteiger partial charge in [-0.1, -0.05) is 6.92 Å². The second kappa shape index (κ2) is 9.99. The standard InChI is InChI=1S/C24H18F6N6O/c1-2-11-32-22(37)21-35-19(33-14-7-5-13(6-8-14)23(25,26)27)15-9-10-17(34-20(15)36-21)18-16(24(28,29)30)4-3-12-31-18/h3-10,12H,2,11H2,1H3,(H,32,37)(H,33,34,35,36). The highest BCUT2D eigenvalue weighted by Gasteiger charge is 2.35. The van der Waals surface area contributed by atoms with Crippen molar-refractivity contribution in [3.8, 4) is 11.4 Å². The van der Waals surface area contributed by atoms with Crippen LogP contribution in [0.2, 0.25) is 0 Å². The van der Waals surface area contributed by atoms with Crippen LogP contribution in [0, 0.1) is 0 Å². The fourth-order valence-electron chi connectivity index (χ4n) is 3.37. The third kappa shape index (κ3) is 5.76. The number of benzene rings is 1. The van der Waals surface area contributed by atoms with Gasteiger partial charge in [0.05, 0.1) is 22.2 Å². The number of amides is 1. The predicted molar refractivity (Wildman–Crippen MR) is 123 cm³/mol. The van der Waals surface area contributed by atoms with E-state index in [-0.39, 0.29) is 34.1 Å². The van der Waals surface area contributed by atoms with Crippen LogP contribution in [0.1, 0.15) is 35.1 Å². The van der Waals surface area contributed by atoms with Crippen LogP contribution in [0.5, 0.6) is 0 Å². The number of carbonyl (C=O) groups excluding carboxylic acids is 1. The number of anilines is 2. The topological polar surface area (TPSA) is 92.7 Å². The van der Waals surface area contributed by atoms with Crippen LogP contribution in [0.25, 0.3) is 22.4 Å². The van der Waals surface area contributed by atoms with Gasteiger partial charge in [-0.05, 0) is 55.0 Å². The van der Waals surface area contributed by atoms with E-state index in [1.54, 1.807) is 0 Å². The molecule has 0 radical (unpaired) electrons. The van der Waals surface area contributed by atoms with E-state index in [2.05, 4.69) is 30.6 Å². The molecule has 0 aliphatic heterocycles. The Morgan fingerprint density at radius 2 is 1.62 bits per heavy atom. The molecule has 2 N–H and O–H groups in total. The van der Waals surface area contributed by atoms with E-state index < -0.39 is 35.1 Å². The third-order valence-corrected chi connectivity index (χ3v) is 5.13. The fourth-order valence-corrected chi connectivity index (χ4v) is 3.37. The lowest BCUT2D eigenvalue weighted by molar-refractivity contribution is -0.138. The Balaban J connectivity index is 1.82. The van der Waals surface area contributed by atoms with Gasteiger partial charge in [-0.2, -0.15) is 26.3 Å². The van der Waals surface area contributed by atoms with Gasteiger partial charge in [-0.15, -0.1) is 0 Å². The van der Waals surface area contributed by atoms with Crippen LogP contribution in [-0.4, -0.2) is 32.4 Å². The van der Waals surface area contributed by atoms with E-state index in [0.717, 1.165) is 24.3 Å². The second-order valence-electron chi connectivity index (χ2n) is 7.82. The zero-order chi connectivity index (χ0) is 26.8. The van der Waals surface area contributed by atoms with Crippen molar-refractivity contribution < 1.29 is 31.1 Å². The van der Waals surface area contributed by atoms with Crippen molar-refractivity contribution in [1.82, 2.24) is 25.3 Å². The molecule has 0 atom stereocenters. The summed E-state index contributed by atoms with van der Waals surface area (Å²) in [4.78, 5) is 28.9. The number of carbonyl (C=O) groups is 1. The normalized spacial score (nSPS) is 12.0. The molecular formula is C24H18F6N6O. The molecule has 0 aliphatic carbocycles. The molecule has 4 aromatic rings. The highest BCUT2D eigenvalue weighted by atomic mass is 19.4. The average molecular weight is 520 g/mol. The Bertz CT molecular complexity index is 1440. The van der Waals surface area contributed by atoms with Gasteiger partial charge < -0.3 is 10.6 Å². The molecule has 37 heavy (non-hydrogen) atoms. The number of halogens is 6. The first-order chi connectivity index (χ1) is 17.5. The maximum Gasteiger partial charge on any atom is 0.418 e. The lowest BCUT2D eigenvalue weighted by atomic mass is 10.1. The van der Waals surface area contributed by atoms with Crippen molar-refractivity contribution in [2.75, 3.05) is 11.9 Å². The van der Waals surface area contributed by atoms with Gasteiger partial charge in [0.25, 0.3) is 5.91 Å². The zero-order valence-corrected chi connectivity index (χ0v) is 19.1. The number of alkyl halides is 6. The van der Waals surface area contributed by atoms with Crippen molar-refractivity contribution in [3.05, 3.63) is 71.7 Å². The van der Waals surface area contributed by atoms with Gasteiger partial charge >= 0.3 is 12.4 Å². The number of fused-ring (bicyclic) bond motifs is 1. The minimum absolute atomic E-state index is 0.0301. The summed E-state index contributed by atoms with van der Waals surface area (Å²) in [7, 11) is 0. The minimum atomic E-state index is -4.69. The van der Waals surface area contributed by atoms with Crippen LogP contribution < -0.4 is 10.6 Å². The molecule has 0 unspecified atom stereocenters. The maximum atomic E-state index is 13.5. The smallest absolute Gasteiger partial charge is 0.349 e. The second-order valence-corrected chi connectivity index (χ2v) is 7.82. The van der Waals surface area contributed by atoms with Crippen molar-refractivity contribution in [2.24, 2.45) is 0 Å². The summed E-state index contributed by atoms with van der Waals surface area (Å²) in [5.74, 6) is -0.945. The number of rotatable bonds is 6. The van der Waals surface area contributed by atoms with Gasteiger partial charge in [0.2, 0.25) is 5.82 Å². The fraction of sp³-hybridized carbons (Fsp3) is 0.208. The van der Waals surface area contributed by atoms with Gasteiger partial charge in [0, 0.05) is 18.4 Å². The van der Waals surface area contributed by atoms with E-state index in [0.29, 0.717) is 13.0 Å². The number of hydrogen-bond acceptors (Lipinski definition) is 6. The Hall–Kier alpha value is -4.29. The quantitative estimate of drug-likeness (QED) is 0.303. The minimum Gasteiger partial charge on any atom is -0.349 e. The molecule has 7 nitrogen and oxygen atoms in total. The van der Waals surface area contributed by atoms with Crippen molar-refractivity contribution >= 4 is 28.4 Å². The van der Waals surface area contributed by atoms with E-state index in [1.807, 2.05) is 6.92 Å². The molecule has 13 heteroatoms. The molecule has 0 bridgehead atoms. The summed E-state index contributed by atoms with van der Waals surface area (Å²) < 4.78 is 79.3. The van der Waals surface area contributed by atoms with Crippen LogP contribution in [0.3, 0.4) is 0 Å². The number of hydrogen-bond donors (Lipinski definition) is 2. The molecule has 3 heterocycles. The number of aromatic nitrogens is 4. The van der Waals surface area contributed by atoms with Crippen molar-refractivity contribution in [2.45, 2.75) is 25.7 Å². The highest BCUT2D eigenvalue weighted by Crippen LogP contribution is 2.36. The Morgan fingerprint density at radius 3 is 2.27 bits per heavy atom. The van der Waals surface area contributed by atoms with Gasteiger partial charge in [0.15, 0.2) is 5.65 Å². The van der Waals surface area contributed by atoms with Crippen LogP contribution in [-0.2, 0) is 12.4 Å². The van der Waals surface area contributed by atoms with Crippen molar-refractivity contribution in [1.29, 1.82) is 0 Å². The molecule has 4 rings (SSSR count). The Kier molecular flexibility index (Phi) is 6.96. The summed E-state index contributed by atoms with van der Waals surface area (Å²) in [6.07, 6.45) is -7.39. The highest BCUT2D eigenvalue weighted by molar-refractivity contribution is 5.96. The summed E-state index contributed by atoms with van der Waals surface area (Å²) >= 11 is 0. The Labute approximate surface area is 206 Å². The van der Waals surface area contributed by atoms with E-state index in [9.17, 15) is 31.1 Å². The molecule has 3 aromatic heterocycles. The summed E-state index contributed by atoms with van der Waals surface area (Å²) in [5.41, 5.74) is -2.31. The molecule has 192 valence electrons. The van der Waals surface area contributed by atoms with Gasteiger partial charge in [0.1, 0.15) is 11.5 Å². The Morgan fingerprint density at radius 1 is 0.892 bits per heavy atom. The first-order valence-electron chi connectivity index (χ1n) is 10.9. The molecular weight excluding hydrogens is 502 g/mol. The number of pyridine rings is 2. The summed E-state index contributed by atoms with van der Waals surface area (Å²) in [5, 5.41) is 5.66. The molecule has 0 saturated carbocycles. The monoisotopic (exact) mass is 520 g/mol. The lowest BCUT2D eigenvalue weighted by Gasteiger charge is -2.14. The first kappa shape index (κ1) is 25.8. The summed E-state index contributed by atoms with van der Waals surface area (Å²) in [6.45, 7) is 2.15. The zero-order valence-electron chi connectivity index (χ0n) is 19.1. The number of nitrogens with zero attached hydrogens (tertiary/aromatic N) is 4. The average Bonchev–Trinajstić information content (AvgIpc) is 2.86. The molecule has 0 saturated heterocycles. The van der Waals surface area contributed by atoms with Crippen LogP contribution in [0.15, 0.2) is 54.7 Å². The molecule has 0 spiro atoms. The molecule has 1 aromatic carbocycles. The number of nitrogens with one attached hydrogen (secondary N) is 2. The van der Waals surface area contributed by atoms with E-state index >= 15 is 0 Å². The van der Waals surface area contributed by atoms with Crippen LogP contribution >= 0.6 is 0 Å². The van der Waals surface area contributed by atoms with Gasteiger partial charge in [-0.25, -0.2) is 15.0 Å². The van der Waals surface area contributed by atoms with Gasteiger partial charge in [-0.3, -0.25) is 9.78 Å². The largest absolute Gasteiger partial charge is 0.418 e. The predicted octanol–water partition coefficient (Wildman–Crippen LogP) is 6.01.